The molecule has 0 spiro atoms. The van der Waals surface area contributed by atoms with Crippen molar-refractivity contribution in [2.75, 3.05) is 26.7 Å². The van der Waals surface area contributed by atoms with Crippen LogP contribution in [-0.4, -0.2) is 49.2 Å². The summed E-state index contributed by atoms with van der Waals surface area (Å²) in [5, 5.41) is 3.30. The van der Waals surface area contributed by atoms with Crippen molar-refractivity contribution in [1.82, 2.24) is 10.2 Å². The van der Waals surface area contributed by atoms with Crippen LogP contribution in [0.25, 0.3) is 0 Å². The molecule has 0 aromatic heterocycles. The van der Waals surface area contributed by atoms with Crippen LogP contribution in [0.1, 0.15) is 40.0 Å². The number of ether oxygens (including phenoxy) is 1. The first kappa shape index (κ1) is 14.5. The van der Waals surface area contributed by atoms with Crippen molar-refractivity contribution in [1.29, 1.82) is 0 Å². The second-order valence-corrected chi connectivity index (χ2v) is 5.76. The molecular weight excluding hydrogens is 216 g/mol. The topological polar surface area (TPSA) is 41.6 Å². The maximum Gasteiger partial charge on any atom is 0.307 e. The lowest BCUT2D eigenvalue weighted by Gasteiger charge is -2.32. The van der Waals surface area contributed by atoms with E-state index in [1.54, 1.807) is 0 Å². The summed E-state index contributed by atoms with van der Waals surface area (Å²) in [5.74, 6) is -0.0934. The molecule has 1 atom stereocenters. The molecule has 1 aliphatic heterocycles. The van der Waals surface area contributed by atoms with Crippen LogP contribution in [0.4, 0.5) is 0 Å². The fraction of sp³-hybridized carbons (Fsp3) is 0.923. The Morgan fingerprint density at radius 3 is 2.76 bits per heavy atom. The van der Waals surface area contributed by atoms with Gasteiger partial charge in [-0.05, 0) is 47.2 Å². The number of nitrogens with one attached hydrogen (secondary N) is 1. The van der Waals surface area contributed by atoms with Crippen LogP contribution in [0.2, 0.25) is 0 Å². The number of esters is 1. The van der Waals surface area contributed by atoms with E-state index in [9.17, 15) is 4.79 Å². The number of carbonyl (C=O) groups is 1. The van der Waals surface area contributed by atoms with Gasteiger partial charge in [0.1, 0.15) is 5.60 Å². The number of hydrogen-bond acceptors (Lipinski definition) is 4. The molecule has 100 valence electrons. The molecule has 1 saturated heterocycles. The van der Waals surface area contributed by atoms with Crippen molar-refractivity contribution in [3.8, 4) is 0 Å². The van der Waals surface area contributed by atoms with E-state index in [0.29, 0.717) is 12.5 Å². The summed E-state index contributed by atoms with van der Waals surface area (Å²) in [6.45, 7) is 8.67. The summed E-state index contributed by atoms with van der Waals surface area (Å²) in [5.41, 5.74) is -0.369. The van der Waals surface area contributed by atoms with Gasteiger partial charge in [0.05, 0.1) is 6.42 Å². The van der Waals surface area contributed by atoms with Crippen LogP contribution < -0.4 is 5.32 Å². The molecular formula is C13H26N2O2. The Bertz CT molecular complexity index is 248. The van der Waals surface area contributed by atoms with E-state index in [4.69, 9.17) is 4.74 Å². The molecule has 0 amide bonds. The van der Waals surface area contributed by atoms with Crippen molar-refractivity contribution in [3.63, 3.8) is 0 Å². The molecule has 0 aromatic carbocycles. The lowest BCUT2D eigenvalue weighted by atomic mass is 10.1. The lowest BCUT2D eigenvalue weighted by molar-refractivity contribution is -0.155. The van der Waals surface area contributed by atoms with E-state index in [2.05, 4.69) is 10.2 Å². The van der Waals surface area contributed by atoms with Gasteiger partial charge in [-0.2, -0.15) is 0 Å². The molecule has 1 fully saturated rings. The maximum absolute atomic E-state index is 11.6. The highest BCUT2D eigenvalue weighted by Gasteiger charge is 2.20. The number of carbonyl (C=O) groups excluding carboxylic acids is 1. The highest BCUT2D eigenvalue weighted by molar-refractivity contribution is 5.70. The third-order valence-electron chi connectivity index (χ3n) is 2.97. The quantitative estimate of drug-likeness (QED) is 0.757. The van der Waals surface area contributed by atoms with Gasteiger partial charge >= 0.3 is 5.97 Å². The molecule has 1 aliphatic rings. The average molecular weight is 242 g/mol. The molecule has 1 N–H and O–H groups in total. The Morgan fingerprint density at radius 1 is 1.47 bits per heavy atom. The summed E-state index contributed by atoms with van der Waals surface area (Å²) in [6.07, 6.45) is 2.94. The highest BCUT2D eigenvalue weighted by atomic mass is 16.6. The summed E-state index contributed by atoms with van der Waals surface area (Å²) in [6, 6.07) is 0.572. The molecule has 4 heteroatoms. The summed E-state index contributed by atoms with van der Waals surface area (Å²) in [4.78, 5) is 13.9. The molecule has 17 heavy (non-hydrogen) atoms. The van der Waals surface area contributed by atoms with Crippen LogP contribution in [0.3, 0.4) is 0 Å². The molecule has 0 aromatic rings. The molecule has 1 rings (SSSR count). The van der Waals surface area contributed by atoms with Crippen molar-refractivity contribution < 1.29 is 9.53 Å². The zero-order valence-corrected chi connectivity index (χ0v) is 11.6. The van der Waals surface area contributed by atoms with E-state index in [0.717, 1.165) is 19.6 Å². The number of rotatable bonds is 4. The normalized spacial score (nSPS) is 22.5. The molecule has 0 aliphatic carbocycles. The van der Waals surface area contributed by atoms with Crippen molar-refractivity contribution in [2.24, 2.45) is 0 Å². The molecule has 0 saturated carbocycles. The number of hydrogen-bond donors (Lipinski definition) is 1. The van der Waals surface area contributed by atoms with Crippen LogP contribution in [0, 0.1) is 0 Å². The molecule has 1 unspecified atom stereocenters. The number of piperidine rings is 1. The van der Waals surface area contributed by atoms with Crippen LogP contribution in [-0.2, 0) is 9.53 Å². The number of likely N-dealkylation sites (tertiary alicyclic amines) is 1. The van der Waals surface area contributed by atoms with Crippen molar-refractivity contribution in [3.05, 3.63) is 0 Å². The van der Waals surface area contributed by atoms with Gasteiger partial charge in [0.25, 0.3) is 0 Å². The number of nitrogens with zero attached hydrogens (tertiary/aromatic N) is 1. The maximum atomic E-state index is 11.6. The van der Waals surface area contributed by atoms with Gasteiger partial charge in [0.2, 0.25) is 0 Å². The predicted octanol–water partition coefficient (Wildman–Crippen LogP) is 1.40. The molecule has 1 heterocycles. The SMILES string of the molecule is CNC1CCCN(CCC(=O)OC(C)(C)C)C1. The van der Waals surface area contributed by atoms with Gasteiger partial charge in [0, 0.05) is 19.1 Å². The van der Waals surface area contributed by atoms with Gasteiger partial charge in [-0.25, -0.2) is 0 Å². The molecule has 4 nitrogen and oxygen atoms in total. The smallest absolute Gasteiger partial charge is 0.307 e. The van der Waals surface area contributed by atoms with E-state index in [1.165, 1.54) is 12.8 Å². The fourth-order valence-electron chi connectivity index (χ4n) is 2.14. The van der Waals surface area contributed by atoms with Gasteiger partial charge in [-0.3, -0.25) is 4.79 Å². The van der Waals surface area contributed by atoms with Crippen LogP contribution >= 0.6 is 0 Å². The van der Waals surface area contributed by atoms with Gasteiger partial charge < -0.3 is 15.0 Å². The first-order valence-corrected chi connectivity index (χ1v) is 6.52. The fourth-order valence-corrected chi connectivity index (χ4v) is 2.14. The average Bonchev–Trinajstić information content (AvgIpc) is 2.24. The summed E-state index contributed by atoms with van der Waals surface area (Å²) in [7, 11) is 2.00. The third kappa shape index (κ3) is 6.03. The van der Waals surface area contributed by atoms with E-state index in [1.807, 2.05) is 27.8 Å². The van der Waals surface area contributed by atoms with Crippen LogP contribution in [0.5, 0.6) is 0 Å². The monoisotopic (exact) mass is 242 g/mol. The highest BCUT2D eigenvalue weighted by Crippen LogP contribution is 2.12. The second kappa shape index (κ2) is 6.36. The first-order chi connectivity index (χ1) is 7.90. The second-order valence-electron chi connectivity index (χ2n) is 5.76. The summed E-state index contributed by atoms with van der Waals surface area (Å²) >= 11 is 0. The van der Waals surface area contributed by atoms with E-state index >= 15 is 0 Å². The lowest BCUT2D eigenvalue weighted by Crippen LogP contribution is -2.45. The van der Waals surface area contributed by atoms with Gasteiger partial charge in [-0.15, -0.1) is 0 Å². The predicted molar refractivity (Wildman–Crippen MR) is 69.0 cm³/mol. The number of likely N-dealkylation sites (N-methyl/N-ethyl adjacent to an activating group) is 1. The zero-order valence-electron chi connectivity index (χ0n) is 11.6. The van der Waals surface area contributed by atoms with Crippen molar-refractivity contribution >= 4 is 5.97 Å². The van der Waals surface area contributed by atoms with Crippen molar-refractivity contribution in [2.45, 2.75) is 51.7 Å². The van der Waals surface area contributed by atoms with E-state index in [-0.39, 0.29) is 11.6 Å². The Kier molecular flexibility index (Phi) is 5.40. The van der Waals surface area contributed by atoms with Gasteiger partial charge in [-0.1, -0.05) is 0 Å². The zero-order chi connectivity index (χ0) is 12.9. The minimum atomic E-state index is -0.369. The Morgan fingerprint density at radius 2 is 2.18 bits per heavy atom. The van der Waals surface area contributed by atoms with Gasteiger partial charge in [0.15, 0.2) is 0 Å². The van der Waals surface area contributed by atoms with Crippen LogP contribution in [0.15, 0.2) is 0 Å². The minimum Gasteiger partial charge on any atom is -0.460 e. The Balaban J connectivity index is 2.23. The molecule has 0 radical (unpaired) electrons. The Hall–Kier alpha value is -0.610. The first-order valence-electron chi connectivity index (χ1n) is 6.52. The molecule has 0 bridgehead atoms. The summed E-state index contributed by atoms with van der Waals surface area (Å²) < 4.78 is 5.30. The van der Waals surface area contributed by atoms with E-state index < -0.39 is 0 Å². The Labute approximate surface area is 105 Å². The standard InChI is InChI=1S/C13H26N2O2/c1-13(2,3)17-12(16)7-9-15-8-5-6-11(10-15)14-4/h11,14H,5-10H2,1-4H3. The third-order valence-corrected chi connectivity index (χ3v) is 2.97. The minimum absolute atomic E-state index is 0.0934. The largest absolute Gasteiger partial charge is 0.460 e.